The van der Waals surface area contributed by atoms with Gasteiger partial charge < -0.3 is 15.3 Å². The molecule has 0 saturated carbocycles. The van der Waals surface area contributed by atoms with Crippen LogP contribution in [0.15, 0.2) is 18.2 Å². The largest absolute Gasteiger partial charge is 0.478 e. The highest BCUT2D eigenvalue weighted by Gasteiger charge is 2.19. The minimum Gasteiger partial charge on any atom is -0.478 e. The number of anilines is 1. The van der Waals surface area contributed by atoms with Gasteiger partial charge >= 0.3 is 5.97 Å². The van der Waals surface area contributed by atoms with Gasteiger partial charge in [-0.1, -0.05) is 12.1 Å². The van der Waals surface area contributed by atoms with Crippen molar-refractivity contribution in [1.29, 1.82) is 0 Å². The SMILES string of the molecule is Cc1cccc(N2CCNCC2)c1C(=O)O. The lowest BCUT2D eigenvalue weighted by molar-refractivity contribution is 0.0696. The molecule has 0 bridgehead atoms. The number of carbonyl (C=O) groups is 1. The molecule has 1 saturated heterocycles. The van der Waals surface area contributed by atoms with E-state index in [1.807, 2.05) is 25.1 Å². The summed E-state index contributed by atoms with van der Waals surface area (Å²) in [6.45, 7) is 5.39. The summed E-state index contributed by atoms with van der Waals surface area (Å²) in [5, 5.41) is 12.5. The number of nitrogens with one attached hydrogen (secondary N) is 1. The molecule has 0 amide bonds. The second kappa shape index (κ2) is 4.53. The predicted octanol–water partition coefficient (Wildman–Crippen LogP) is 1.10. The second-order valence-corrected chi connectivity index (χ2v) is 4.01. The van der Waals surface area contributed by atoms with Gasteiger partial charge in [0.05, 0.1) is 11.3 Å². The Balaban J connectivity index is 2.38. The Kier molecular flexibility index (Phi) is 3.10. The van der Waals surface area contributed by atoms with E-state index in [4.69, 9.17) is 0 Å². The zero-order chi connectivity index (χ0) is 11.5. The van der Waals surface area contributed by atoms with E-state index in [2.05, 4.69) is 10.2 Å². The third kappa shape index (κ3) is 2.02. The van der Waals surface area contributed by atoms with E-state index in [0.717, 1.165) is 37.4 Å². The second-order valence-electron chi connectivity index (χ2n) is 4.01. The van der Waals surface area contributed by atoms with Crippen LogP contribution in [-0.4, -0.2) is 37.3 Å². The quantitative estimate of drug-likeness (QED) is 0.783. The monoisotopic (exact) mass is 220 g/mol. The third-order valence-electron chi connectivity index (χ3n) is 2.92. The Bertz CT molecular complexity index is 398. The first-order chi connectivity index (χ1) is 7.70. The first-order valence-electron chi connectivity index (χ1n) is 5.48. The van der Waals surface area contributed by atoms with Crippen molar-refractivity contribution in [2.75, 3.05) is 31.1 Å². The van der Waals surface area contributed by atoms with Gasteiger partial charge in [0.15, 0.2) is 0 Å². The summed E-state index contributed by atoms with van der Waals surface area (Å²) in [7, 11) is 0. The maximum atomic E-state index is 11.2. The van der Waals surface area contributed by atoms with Crippen molar-refractivity contribution < 1.29 is 9.90 Å². The van der Waals surface area contributed by atoms with Crippen LogP contribution in [0.3, 0.4) is 0 Å². The van der Waals surface area contributed by atoms with Gasteiger partial charge in [-0.05, 0) is 18.6 Å². The molecule has 86 valence electrons. The number of hydrogen-bond donors (Lipinski definition) is 2. The molecule has 4 heteroatoms. The Labute approximate surface area is 94.9 Å². The number of carboxylic acid groups (broad SMARTS) is 1. The molecular formula is C12H16N2O2. The fourth-order valence-electron chi connectivity index (χ4n) is 2.10. The molecule has 1 aromatic carbocycles. The standard InChI is InChI=1S/C12H16N2O2/c1-9-3-2-4-10(11(9)12(15)16)14-7-5-13-6-8-14/h2-4,13H,5-8H2,1H3,(H,15,16). The maximum Gasteiger partial charge on any atom is 0.338 e. The summed E-state index contributed by atoms with van der Waals surface area (Å²) in [5.74, 6) is -0.841. The van der Waals surface area contributed by atoms with Crippen molar-refractivity contribution in [3.05, 3.63) is 29.3 Å². The highest BCUT2D eigenvalue weighted by atomic mass is 16.4. The lowest BCUT2D eigenvalue weighted by Gasteiger charge is -2.30. The van der Waals surface area contributed by atoms with Crippen LogP contribution in [-0.2, 0) is 0 Å². The van der Waals surface area contributed by atoms with E-state index in [1.165, 1.54) is 0 Å². The number of piperazine rings is 1. The summed E-state index contributed by atoms with van der Waals surface area (Å²) in [4.78, 5) is 13.4. The number of carboxylic acids is 1. The van der Waals surface area contributed by atoms with Crippen LogP contribution < -0.4 is 10.2 Å². The predicted molar refractivity (Wildman–Crippen MR) is 63.2 cm³/mol. The topological polar surface area (TPSA) is 52.6 Å². The third-order valence-corrected chi connectivity index (χ3v) is 2.92. The van der Waals surface area contributed by atoms with Crippen molar-refractivity contribution in [3.8, 4) is 0 Å². The molecule has 0 unspecified atom stereocenters. The minimum atomic E-state index is -0.841. The van der Waals surface area contributed by atoms with Crippen LogP contribution in [0.5, 0.6) is 0 Å². The smallest absolute Gasteiger partial charge is 0.338 e. The van der Waals surface area contributed by atoms with E-state index in [9.17, 15) is 9.90 Å². The molecule has 1 aliphatic rings. The molecule has 1 aromatic rings. The van der Waals surface area contributed by atoms with E-state index in [1.54, 1.807) is 0 Å². The molecule has 0 spiro atoms. The summed E-state index contributed by atoms with van der Waals surface area (Å²) >= 11 is 0. The molecule has 0 aromatic heterocycles. The molecule has 1 heterocycles. The average Bonchev–Trinajstić information content (AvgIpc) is 2.29. The Morgan fingerprint density at radius 2 is 2.06 bits per heavy atom. The van der Waals surface area contributed by atoms with Crippen molar-refractivity contribution in [1.82, 2.24) is 5.32 Å². The van der Waals surface area contributed by atoms with Crippen molar-refractivity contribution in [2.24, 2.45) is 0 Å². The fourth-order valence-corrected chi connectivity index (χ4v) is 2.10. The van der Waals surface area contributed by atoms with Crippen LogP contribution in [0.1, 0.15) is 15.9 Å². The Morgan fingerprint density at radius 1 is 1.38 bits per heavy atom. The summed E-state index contributed by atoms with van der Waals surface area (Å²) in [6, 6.07) is 5.65. The number of hydrogen-bond acceptors (Lipinski definition) is 3. The molecule has 4 nitrogen and oxygen atoms in total. The van der Waals surface area contributed by atoms with Crippen LogP contribution >= 0.6 is 0 Å². The summed E-state index contributed by atoms with van der Waals surface area (Å²) in [6.07, 6.45) is 0. The van der Waals surface area contributed by atoms with E-state index in [-0.39, 0.29) is 0 Å². The molecule has 2 N–H and O–H groups in total. The maximum absolute atomic E-state index is 11.2. The summed E-state index contributed by atoms with van der Waals surface area (Å²) < 4.78 is 0. The van der Waals surface area contributed by atoms with Gasteiger partial charge in [-0.25, -0.2) is 4.79 Å². The van der Waals surface area contributed by atoms with Crippen molar-refractivity contribution >= 4 is 11.7 Å². The Hall–Kier alpha value is -1.55. The van der Waals surface area contributed by atoms with Gasteiger partial charge in [-0.15, -0.1) is 0 Å². The number of aryl methyl sites for hydroxylation is 1. The Morgan fingerprint density at radius 3 is 2.69 bits per heavy atom. The molecule has 2 rings (SSSR count). The molecule has 1 fully saturated rings. The molecule has 0 atom stereocenters. The number of nitrogens with zero attached hydrogens (tertiary/aromatic N) is 1. The molecule has 16 heavy (non-hydrogen) atoms. The van der Waals surface area contributed by atoms with Gasteiger partial charge in [-0.2, -0.15) is 0 Å². The van der Waals surface area contributed by atoms with Gasteiger partial charge in [0, 0.05) is 26.2 Å². The molecule has 1 aliphatic heterocycles. The zero-order valence-corrected chi connectivity index (χ0v) is 9.36. The first-order valence-corrected chi connectivity index (χ1v) is 5.48. The number of benzene rings is 1. The fraction of sp³-hybridized carbons (Fsp3) is 0.417. The van der Waals surface area contributed by atoms with Crippen LogP contribution in [0.4, 0.5) is 5.69 Å². The van der Waals surface area contributed by atoms with Crippen LogP contribution in [0.2, 0.25) is 0 Å². The lowest BCUT2D eigenvalue weighted by Crippen LogP contribution is -2.44. The molecule has 0 radical (unpaired) electrons. The molecular weight excluding hydrogens is 204 g/mol. The van der Waals surface area contributed by atoms with Crippen molar-refractivity contribution in [3.63, 3.8) is 0 Å². The zero-order valence-electron chi connectivity index (χ0n) is 9.36. The first kappa shape index (κ1) is 11.0. The highest BCUT2D eigenvalue weighted by Crippen LogP contribution is 2.24. The normalized spacial score (nSPS) is 16.2. The summed E-state index contributed by atoms with van der Waals surface area (Å²) in [5.41, 5.74) is 2.10. The van der Waals surface area contributed by atoms with Gasteiger partial charge in [0.25, 0.3) is 0 Å². The highest BCUT2D eigenvalue weighted by molar-refractivity contribution is 5.96. The van der Waals surface area contributed by atoms with Gasteiger partial charge in [0.2, 0.25) is 0 Å². The van der Waals surface area contributed by atoms with Crippen LogP contribution in [0, 0.1) is 6.92 Å². The van der Waals surface area contributed by atoms with E-state index in [0.29, 0.717) is 5.56 Å². The van der Waals surface area contributed by atoms with Gasteiger partial charge in [0.1, 0.15) is 0 Å². The molecule has 0 aliphatic carbocycles. The average molecular weight is 220 g/mol. The van der Waals surface area contributed by atoms with Crippen LogP contribution in [0.25, 0.3) is 0 Å². The number of rotatable bonds is 2. The minimum absolute atomic E-state index is 0.435. The van der Waals surface area contributed by atoms with E-state index < -0.39 is 5.97 Å². The van der Waals surface area contributed by atoms with Gasteiger partial charge in [-0.3, -0.25) is 0 Å². The lowest BCUT2D eigenvalue weighted by atomic mass is 10.1. The van der Waals surface area contributed by atoms with Crippen molar-refractivity contribution in [2.45, 2.75) is 6.92 Å². The number of aromatic carboxylic acids is 1. The van der Waals surface area contributed by atoms with E-state index >= 15 is 0 Å².